The summed E-state index contributed by atoms with van der Waals surface area (Å²) in [4.78, 5) is 0. The van der Waals surface area contributed by atoms with E-state index in [0.29, 0.717) is 0 Å². The highest BCUT2D eigenvalue weighted by molar-refractivity contribution is 7.89. The Balaban J connectivity index is 2.44. The molecule has 0 unspecified atom stereocenters. The molecule has 0 aromatic heterocycles. The fourth-order valence-corrected chi connectivity index (χ4v) is 1.83. The molecule has 0 heterocycles. The molecule has 4 nitrogen and oxygen atoms in total. The summed E-state index contributed by atoms with van der Waals surface area (Å²) >= 11 is 0. The first kappa shape index (κ1) is 14.0. The second kappa shape index (κ2) is 6.04. The largest absolute Gasteiger partial charge is 0.312 e. The molecule has 0 amide bonds. The second-order valence-corrected chi connectivity index (χ2v) is 5.48. The molecule has 0 aliphatic carbocycles. The van der Waals surface area contributed by atoms with Crippen LogP contribution in [-0.4, -0.2) is 27.8 Å². The highest BCUT2D eigenvalue weighted by atomic mass is 32.2. The van der Waals surface area contributed by atoms with Gasteiger partial charge in [-0.1, -0.05) is 0 Å². The molecule has 7 heteroatoms. The van der Waals surface area contributed by atoms with Gasteiger partial charge >= 0.3 is 0 Å². The average Bonchev–Trinajstić information content (AvgIpc) is 2.29. The molecule has 0 aliphatic heterocycles. The van der Waals surface area contributed by atoms with Gasteiger partial charge in [0, 0.05) is 18.7 Å². The van der Waals surface area contributed by atoms with E-state index in [0.717, 1.165) is 18.2 Å². The van der Waals surface area contributed by atoms with Crippen LogP contribution < -0.4 is 10.0 Å². The van der Waals surface area contributed by atoms with Gasteiger partial charge in [0.15, 0.2) is 0 Å². The molecule has 0 saturated carbocycles. The van der Waals surface area contributed by atoms with Crippen molar-refractivity contribution in [3.63, 3.8) is 0 Å². The summed E-state index contributed by atoms with van der Waals surface area (Å²) < 4.78 is 50.2. The number of benzene rings is 1. The van der Waals surface area contributed by atoms with Gasteiger partial charge < -0.3 is 5.32 Å². The van der Waals surface area contributed by atoms with E-state index in [1.165, 1.54) is 7.05 Å². The SMILES string of the molecule is CNS(=O)(=O)CCNCc1cc(F)ccc1F. The summed E-state index contributed by atoms with van der Waals surface area (Å²) in [5.41, 5.74) is 0.173. The smallest absolute Gasteiger partial charge is 0.212 e. The Morgan fingerprint density at radius 2 is 2.00 bits per heavy atom. The van der Waals surface area contributed by atoms with Crippen molar-refractivity contribution in [2.24, 2.45) is 0 Å². The summed E-state index contributed by atoms with van der Waals surface area (Å²) in [5.74, 6) is -1.15. The topological polar surface area (TPSA) is 58.2 Å². The Labute approximate surface area is 99.1 Å². The van der Waals surface area contributed by atoms with Crippen LogP contribution >= 0.6 is 0 Å². The summed E-state index contributed by atoms with van der Waals surface area (Å²) in [5, 5.41) is 2.73. The van der Waals surface area contributed by atoms with E-state index in [1.54, 1.807) is 0 Å². The Morgan fingerprint density at radius 3 is 2.65 bits per heavy atom. The first-order valence-corrected chi connectivity index (χ1v) is 6.66. The molecule has 0 bridgehead atoms. The monoisotopic (exact) mass is 264 g/mol. The molecule has 2 N–H and O–H groups in total. The Morgan fingerprint density at radius 1 is 1.29 bits per heavy atom. The van der Waals surface area contributed by atoms with Gasteiger partial charge in [-0.2, -0.15) is 0 Å². The third-order valence-corrected chi connectivity index (χ3v) is 3.55. The lowest BCUT2D eigenvalue weighted by atomic mass is 10.2. The molecule has 1 aromatic carbocycles. The van der Waals surface area contributed by atoms with Crippen LogP contribution in [0.5, 0.6) is 0 Å². The van der Waals surface area contributed by atoms with Gasteiger partial charge in [-0.3, -0.25) is 0 Å². The maximum absolute atomic E-state index is 13.2. The van der Waals surface area contributed by atoms with E-state index < -0.39 is 21.7 Å². The normalized spacial score (nSPS) is 11.7. The van der Waals surface area contributed by atoms with Crippen LogP contribution in [0.25, 0.3) is 0 Å². The van der Waals surface area contributed by atoms with Crippen molar-refractivity contribution < 1.29 is 17.2 Å². The zero-order chi connectivity index (χ0) is 12.9. The lowest BCUT2D eigenvalue weighted by molar-refractivity contribution is 0.567. The Hall–Kier alpha value is -1.05. The Kier molecular flexibility index (Phi) is 4.98. The van der Waals surface area contributed by atoms with E-state index in [1.807, 2.05) is 0 Å². The van der Waals surface area contributed by atoms with Gasteiger partial charge in [-0.05, 0) is 25.2 Å². The van der Waals surface area contributed by atoms with Gasteiger partial charge in [0.1, 0.15) is 11.6 Å². The fourth-order valence-electron chi connectivity index (χ4n) is 1.21. The zero-order valence-corrected chi connectivity index (χ0v) is 10.2. The number of hydrogen-bond donors (Lipinski definition) is 2. The highest BCUT2D eigenvalue weighted by Gasteiger charge is 2.07. The predicted molar refractivity (Wildman–Crippen MR) is 60.9 cm³/mol. The van der Waals surface area contributed by atoms with Crippen LogP contribution in [0.1, 0.15) is 5.56 Å². The van der Waals surface area contributed by atoms with E-state index in [4.69, 9.17) is 0 Å². The maximum atomic E-state index is 13.2. The van der Waals surface area contributed by atoms with E-state index in [9.17, 15) is 17.2 Å². The van der Waals surface area contributed by atoms with Gasteiger partial charge in [-0.25, -0.2) is 21.9 Å². The van der Waals surface area contributed by atoms with Gasteiger partial charge in [0.25, 0.3) is 0 Å². The van der Waals surface area contributed by atoms with Crippen molar-refractivity contribution >= 4 is 10.0 Å². The van der Waals surface area contributed by atoms with Crippen LogP contribution in [-0.2, 0) is 16.6 Å². The molecule has 0 fully saturated rings. The van der Waals surface area contributed by atoms with Crippen LogP contribution in [0.3, 0.4) is 0 Å². The molecule has 1 rings (SSSR count). The molecule has 0 radical (unpaired) electrons. The first-order chi connectivity index (χ1) is 7.94. The third kappa shape index (κ3) is 4.76. The van der Waals surface area contributed by atoms with Crippen LogP contribution in [0.2, 0.25) is 0 Å². The third-order valence-electron chi connectivity index (χ3n) is 2.18. The van der Waals surface area contributed by atoms with Gasteiger partial charge in [0.2, 0.25) is 10.0 Å². The number of nitrogens with one attached hydrogen (secondary N) is 2. The van der Waals surface area contributed by atoms with Crippen molar-refractivity contribution in [3.8, 4) is 0 Å². The molecule has 0 atom stereocenters. The molecule has 0 saturated heterocycles. The van der Waals surface area contributed by atoms with Gasteiger partial charge in [-0.15, -0.1) is 0 Å². The van der Waals surface area contributed by atoms with E-state index >= 15 is 0 Å². The average molecular weight is 264 g/mol. The Bertz CT molecular complexity index is 477. The molecule has 1 aromatic rings. The molecular formula is C10H14F2N2O2S. The summed E-state index contributed by atoms with van der Waals surface area (Å²) in [7, 11) is -1.95. The standard InChI is InChI=1S/C10H14F2N2O2S/c1-13-17(15,16)5-4-14-7-8-6-9(11)2-3-10(8)12/h2-3,6,13-14H,4-5,7H2,1H3. The minimum Gasteiger partial charge on any atom is -0.312 e. The number of rotatable bonds is 6. The quantitative estimate of drug-likeness (QED) is 0.740. The summed E-state index contributed by atoms with van der Waals surface area (Å²) in [6, 6.07) is 3.15. The molecule has 17 heavy (non-hydrogen) atoms. The van der Waals surface area contributed by atoms with Crippen LogP contribution in [0.4, 0.5) is 8.78 Å². The molecule has 0 spiro atoms. The molecule has 96 valence electrons. The zero-order valence-electron chi connectivity index (χ0n) is 9.33. The number of halogens is 2. The van der Waals surface area contributed by atoms with Crippen LogP contribution in [0, 0.1) is 11.6 Å². The van der Waals surface area contributed by atoms with Gasteiger partial charge in [0.05, 0.1) is 5.75 Å². The summed E-state index contributed by atoms with van der Waals surface area (Å²) in [6.07, 6.45) is 0. The van der Waals surface area contributed by atoms with Crippen LogP contribution in [0.15, 0.2) is 18.2 Å². The predicted octanol–water partition coefficient (Wildman–Crippen LogP) is 0.604. The number of hydrogen-bond acceptors (Lipinski definition) is 3. The van der Waals surface area contributed by atoms with Crippen molar-refractivity contribution in [2.45, 2.75) is 6.54 Å². The first-order valence-electron chi connectivity index (χ1n) is 5.00. The van der Waals surface area contributed by atoms with Crippen molar-refractivity contribution in [2.75, 3.05) is 19.3 Å². The lowest BCUT2D eigenvalue weighted by Crippen LogP contribution is -2.29. The van der Waals surface area contributed by atoms with E-state index in [2.05, 4.69) is 10.0 Å². The fraction of sp³-hybridized carbons (Fsp3) is 0.400. The van der Waals surface area contributed by atoms with Crippen molar-refractivity contribution in [3.05, 3.63) is 35.4 Å². The minimum absolute atomic E-state index is 0.0861. The lowest BCUT2D eigenvalue weighted by Gasteiger charge is -2.06. The molecular weight excluding hydrogens is 250 g/mol. The molecule has 0 aliphatic rings. The maximum Gasteiger partial charge on any atom is 0.212 e. The van der Waals surface area contributed by atoms with Crippen molar-refractivity contribution in [1.29, 1.82) is 0 Å². The number of sulfonamides is 1. The highest BCUT2D eigenvalue weighted by Crippen LogP contribution is 2.08. The second-order valence-electron chi connectivity index (χ2n) is 3.44. The van der Waals surface area contributed by atoms with Crippen molar-refractivity contribution in [1.82, 2.24) is 10.0 Å². The van der Waals surface area contributed by atoms with E-state index in [-0.39, 0.29) is 24.4 Å². The summed E-state index contributed by atoms with van der Waals surface area (Å²) in [6.45, 7) is 0.252. The minimum atomic E-state index is -3.27.